The van der Waals surface area contributed by atoms with Crippen molar-refractivity contribution in [1.29, 1.82) is 0 Å². The Morgan fingerprint density at radius 2 is 2.39 bits per heavy atom. The molecule has 6 nitrogen and oxygen atoms in total. The number of halogens is 1. The van der Waals surface area contributed by atoms with Gasteiger partial charge in [-0.3, -0.25) is 9.89 Å². The Morgan fingerprint density at radius 1 is 1.56 bits per heavy atom. The van der Waals surface area contributed by atoms with Crippen LogP contribution in [0.1, 0.15) is 5.56 Å². The van der Waals surface area contributed by atoms with Gasteiger partial charge in [-0.05, 0) is 0 Å². The van der Waals surface area contributed by atoms with Crippen molar-refractivity contribution in [3.05, 3.63) is 39.5 Å². The molecule has 0 aromatic carbocycles. The van der Waals surface area contributed by atoms with Crippen LogP contribution in [0.2, 0.25) is 5.02 Å². The van der Waals surface area contributed by atoms with E-state index in [0.29, 0.717) is 6.54 Å². The van der Waals surface area contributed by atoms with E-state index in [1.807, 2.05) is 0 Å². The molecule has 0 radical (unpaired) electrons. The number of hydrogen-bond acceptors (Lipinski definition) is 4. The van der Waals surface area contributed by atoms with Crippen molar-refractivity contribution in [2.24, 2.45) is 0 Å². The summed E-state index contributed by atoms with van der Waals surface area (Å²) in [5, 5.41) is 13.5. The summed E-state index contributed by atoms with van der Waals surface area (Å²) in [6.45, 7) is 0.544. The number of terminal acetylenes is 1. The SMILES string of the molecule is C#CCn1ncc(Cl)c(NCc2cn[nH]c2)c1=O. The molecule has 2 aromatic heterocycles. The summed E-state index contributed by atoms with van der Waals surface area (Å²) in [6.07, 6.45) is 9.92. The smallest absolute Gasteiger partial charge is 0.292 e. The van der Waals surface area contributed by atoms with Crippen LogP contribution >= 0.6 is 11.6 Å². The van der Waals surface area contributed by atoms with Gasteiger partial charge < -0.3 is 5.32 Å². The van der Waals surface area contributed by atoms with Crippen LogP contribution < -0.4 is 10.9 Å². The van der Waals surface area contributed by atoms with Gasteiger partial charge in [0.2, 0.25) is 0 Å². The summed E-state index contributed by atoms with van der Waals surface area (Å²) in [4.78, 5) is 12.0. The zero-order valence-electron chi connectivity index (χ0n) is 9.35. The number of anilines is 1. The third-order valence-corrected chi connectivity index (χ3v) is 2.55. The average Bonchev–Trinajstić information content (AvgIpc) is 2.86. The highest BCUT2D eigenvalue weighted by atomic mass is 35.5. The van der Waals surface area contributed by atoms with E-state index >= 15 is 0 Å². The molecule has 2 aromatic rings. The van der Waals surface area contributed by atoms with Gasteiger partial charge in [0, 0.05) is 18.3 Å². The molecule has 0 spiro atoms. The minimum atomic E-state index is -0.344. The van der Waals surface area contributed by atoms with Crippen LogP contribution in [0.25, 0.3) is 0 Å². The van der Waals surface area contributed by atoms with Gasteiger partial charge in [0.05, 0.1) is 17.4 Å². The third-order valence-electron chi connectivity index (χ3n) is 2.26. The molecule has 0 aliphatic carbocycles. The van der Waals surface area contributed by atoms with Gasteiger partial charge in [0.25, 0.3) is 5.56 Å². The third kappa shape index (κ3) is 2.52. The minimum absolute atomic E-state index is 0.108. The first-order chi connectivity index (χ1) is 8.72. The number of aromatic amines is 1. The maximum absolute atomic E-state index is 12.0. The molecular formula is C11H10ClN5O. The van der Waals surface area contributed by atoms with Crippen molar-refractivity contribution < 1.29 is 0 Å². The molecule has 0 saturated carbocycles. The Kier molecular flexibility index (Phi) is 3.65. The van der Waals surface area contributed by atoms with E-state index in [0.717, 1.165) is 5.56 Å². The highest BCUT2D eigenvalue weighted by Crippen LogP contribution is 2.15. The Hall–Kier alpha value is -2.26. The molecule has 0 unspecified atom stereocenters. The molecule has 0 amide bonds. The van der Waals surface area contributed by atoms with E-state index in [2.05, 4.69) is 26.5 Å². The average molecular weight is 264 g/mol. The quantitative estimate of drug-likeness (QED) is 0.803. The summed E-state index contributed by atoms with van der Waals surface area (Å²) >= 11 is 5.93. The monoisotopic (exact) mass is 263 g/mol. The highest BCUT2D eigenvalue weighted by Gasteiger charge is 2.09. The summed E-state index contributed by atoms with van der Waals surface area (Å²) in [7, 11) is 0. The topological polar surface area (TPSA) is 75.6 Å². The van der Waals surface area contributed by atoms with Gasteiger partial charge in [-0.25, -0.2) is 4.68 Å². The van der Waals surface area contributed by atoms with Crippen LogP contribution in [0.3, 0.4) is 0 Å². The predicted octanol–water partition coefficient (Wildman–Crippen LogP) is 0.865. The number of nitrogens with one attached hydrogen (secondary N) is 2. The van der Waals surface area contributed by atoms with E-state index < -0.39 is 0 Å². The largest absolute Gasteiger partial charge is 0.375 e. The lowest BCUT2D eigenvalue weighted by molar-refractivity contribution is 0.664. The lowest BCUT2D eigenvalue weighted by Crippen LogP contribution is -2.25. The van der Waals surface area contributed by atoms with Crippen LogP contribution in [0.15, 0.2) is 23.4 Å². The van der Waals surface area contributed by atoms with Gasteiger partial charge in [0.15, 0.2) is 0 Å². The molecule has 18 heavy (non-hydrogen) atoms. The molecule has 0 aliphatic rings. The summed E-state index contributed by atoms with van der Waals surface area (Å²) in [5.41, 5.74) is 0.845. The van der Waals surface area contributed by atoms with Gasteiger partial charge in [-0.1, -0.05) is 17.5 Å². The van der Waals surface area contributed by atoms with E-state index in [-0.39, 0.29) is 22.8 Å². The van der Waals surface area contributed by atoms with E-state index in [9.17, 15) is 4.79 Å². The fourth-order valence-corrected chi connectivity index (χ4v) is 1.58. The van der Waals surface area contributed by atoms with Crippen molar-refractivity contribution >= 4 is 17.3 Å². The second-order valence-corrected chi connectivity index (χ2v) is 3.90. The first kappa shape index (κ1) is 12.2. The molecule has 0 fully saturated rings. The summed E-state index contributed by atoms with van der Waals surface area (Å²) in [6, 6.07) is 0. The molecule has 0 atom stereocenters. The van der Waals surface area contributed by atoms with Crippen LogP contribution in [-0.2, 0) is 13.1 Å². The number of rotatable bonds is 4. The fourth-order valence-electron chi connectivity index (χ4n) is 1.39. The van der Waals surface area contributed by atoms with Crippen LogP contribution in [0.4, 0.5) is 5.69 Å². The van der Waals surface area contributed by atoms with Gasteiger partial charge in [0.1, 0.15) is 12.2 Å². The fraction of sp³-hybridized carbons (Fsp3) is 0.182. The summed E-state index contributed by atoms with van der Waals surface area (Å²) in [5.74, 6) is 2.36. The predicted molar refractivity (Wildman–Crippen MR) is 68.3 cm³/mol. The molecule has 0 bridgehead atoms. The molecular weight excluding hydrogens is 254 g/mol. The van der Waals surface area contributed by atoms with Crippen molar-refractivity contribution in [2.45, 2.75) is 13.1 Å². The van der Waals surface area contributed by atoms with Crippen LogP contribution in [-0.4, -0.2) is 20.0 Å². The maximum atomic E-state index is 12.0. The first-order valence-corrected chi connectivity index (χ1v) is 5.50. The number of hydrogen-bond donors (Lipinski definition) is 2. The Morgan fingerprint density at radius 3 is 3.06 bits per heavy atom. The number of nitrogens with zero attached hydrogens (tertiary/aromatic N) is 3. The van der Waals surface area contributed by atoms with Crippen molar-refractivity contribution in [2.75, 3.05) is 5.32 Å². The highest BCUT2D eigenvalue weighted by molar-refractivity contribution is 6.32. The van der Waals surface area contributed by atoms with Crippen LogP contribution in [0.5, 0.6) is 0 Å². The zero-order valence-corrected chi connectivity index (χ0v) is 10.1. The Balaban J connectivity index is 2.24. The second kappa shape index (κ2) is 5.38. The Bertz CT molecular complexity index is 626. The van der Waals surface area contributed by atoms with Crippen LogP contribution in [0, 0.1) is 12.3 Å². The molecule has 7 heteroatoms. The first-order valence-electron chi connectivity index (χ1n) is 5.13. The number of aromatic nitrogens is 4. The number of H-pyrrole nitrogens is 1. The van der Waals surface area contributed by atoms with Gasteiger partial charge in [-0.2, -0.15) is 10.2 Å². The van der Waals surface area contributed by atoms with E-state index in [1.54, 1.807) is 12.4 Å². The van der Waals surface area contributed by atoms with Crippen molar-refractivity contribution in [3.63, 3.8) is 0 Å². The van der Waals surface area contributed by atoms with E-state index in [1.165, 1.54) is 10.9 Å². The zero-order chi connectivity index (χ0) is 13.0. The molecule has 0 saturated heterocycles. The molecule has 2 heterocycles. The summed E-state index contributed by atoms with van der Waals surface area (Å²) < 4.78 is 1.17. The molecule has 2 N–H and O–H groups in total. The molecule has 92 valence electrons. The second-order valence-electron chi connectivity index (χ2n) is 3.49. The Labute approximate surface area is 108 Å². The standard InChI is InChI=1S/C11H10ClN5O/c1-2-3-17-11(18)10(9(12)7-16-17)13-4-8-5-14-15-6-8/h1,5-7,13H,3-4H2,(H,14,15). The lowest BCUT2D eigenvalue weighted by Gasteiger charge is -2.08. The maximum Gasteiger partial charge on any atom is 0.292 e. The normalized spacial score (nSPS) is 10.0. The lowest BCUT2D eigenvalue weighted by atomic mass is 10.3. The molecule has 0 aliphatic heterocycles. The molecule has 2 rings (SSSR count). The van der Waals surface area contributed by atoms with Crippen molar-refractivity contribution in [3.8, 4) is 12.3 Å². The minimum Gasteiger partial charge on any atom is -0.375 e. The van der Waals surface area contributed by atoms with Crippen molar-refractivity contribution in [1.82, 2.24) is 20.0 Å². The van der Waals surface area contributed by atoms with Gasteiger partial charge >= 0.3 is 0 Å². The van der Waals surface area contributed by atoms with E-state index in [4.69, 9.17) is 18.0 Å². The van der Waals surface area contributed by atoms with Gasteiger partial charge in [-0.15, -0.1) is 6.42 Å².